The van der Waals surface area contributed by atoms with E-state index in [0.717, 1.165) is 25.7 Å². The van der Waals surface area contributed by atoms with E-state index >= 15 is 0 Å². The summed E-state index contributed by atoms with van der Waals surface area (Å²) in [5.41, 5.74) is 0. The molecule has 0 unspecified atom stereocenters. The highest BCUT2D eigenvalue weighted by molar-refractivity contribution is 5.70. The summed E-state index contributed by atoms with van der Waals surface area (Å²) in [6.45, 7) is 6.76. The van der Waals surface area contributed by atoms with Crippen molar-refractivity contribution in [3.05, 3.63) is 12.7 Å². The fourth-order valence-corrected chi connectivity index (χ4v) is 1.99. The van der Waals surface area contributed by atoms with Gasteiger partial charge in [-0.25, -0.2) is 0 Å². The summed E-state index contributed by atoms with van der Waals surface area (Å²) in [5.74, 6) is -0.344. The molecule has 0 atom stereocenters. The van der Waals surface area contributed by atoms with E-state index in [1.54, 1.807) is 0 Å². The number of allylic oxidation sites excluding steroid dienone is 1. The Labute approximate surface area is 135 Å². The number of ether oxygens (including phenoxy) is 2. The summed E-state index contributed by atoms with van der Waals surface area (Å²) in [6.07, 6.45) is 11.3. The average Bonchev–Trinajstić information content (AvgIpc) is 2.51. The molecule has 128 valence electrons. The highest BCUT2D eigenvalue weighted by atomic mass is 16.5. The van der Waals surface area contributed by atoms with Crippen LogP contribution in [-0.4, -0.2) is 25.2 Å². The zero-order valence-electron chi connectivity index (χ0n) is 14.1. The standard InChI is InChI=1S/C18H32O4/c1-3-5-7-8-12-16-22-18(20)14-10-9-13-17(19)21-15-11-6-4-2/h4H,2-3,5-16H2,1H3. The smallest absolute Gasteiger partial charge is 0.305 e. The van der Waals surface area contributed by atoms with Crippen molar-refractivity contribution in [3.63, 3.8) is 0 Å². The molecule has 0 amide bonds. The molecule has 0 aromatic rings. The third kappa shape index (κ3) is 15.1. The first-order valence-corrected chi connectivity index (χ1v) is 8.62. The van der Waals surface area contributed by atoms with E-state index in [-0.39, 0.29) is 11.9 Å². The van der Waals surface area contributed by atoms with Crippen LogP contribution in [-0.2, 0) is 19.1 Å². The Morgan fingerprint density at radius 1 is 0.818 bits per heavy atom. The monoisotopic (exact) mass is 312 g/mol. The first kappa shape index (κ1) is 20.7. The molecular weight excluding hydrogens is 280 g/mol. The lowest BCUT2D eigenvalue weighted by molar-refractivity contribution is -0.146. The molecule has 0 aromatic heterocycles. The van der Waals surface area contributed by atoms with Gasteiger partial charge in [-0.2, -0.15) is 0 Å². The zero-order chi connectivity index (χ0) is 16.5. The topological polar surface area (TPSA) is 52.6 Å². The largest absolute Gasteiger partial charge is 0.466 e. The first-order valence-electron chi connectivity index (χ1n) is 8.62. The Morgan fingerprint density at radius 2 is 1.36 bits per heavy atom. The molecule has 4 nitrogen and oxygen atoms in total. The minimum atomic E-state index is -0.187. The van der Waals surface area contributed by atoms with Crippen LogP contribution in [0.4, 0.5) is 0 Å². The van der Waals surface area contributed by atoms with Crippen molar-refractivity contribution >= 4 is 11.9 Å². The second-order valence-electron chi connectivity index (χ2n) is 5.49. The summed E-state index contributed by atoms with van der Waals surface area (Å²) in [6, 6.07) is 0. The van der Waals surface area contributed by atoms with E-state index < -0.39 is 0 Å². The van der Waals surface area contributed by atoms with E-state index in [9.17, 15) is 9.59 Å². The van der Waals surface area contributed by atoms with Gasteiger partial charge in [0.1, 0.15) is 0 Å². The van der Waals surface area contributed by atoms with Crippen LogP contribution in [0.15, 0.2) is 12.7 Å². The van der Waals surface area contributed by atoms with Crippen molar-refractivity contribution in [1.29, 1.82) is 0 Å². The average molecular weight is 312 g/mol. The van der Waals surface area contributed by atoms with Gasteiger partial charge in [-0.1, -0.05) is 38.7 Å². The van der Waals surface area contributed by atoms with E-state index in [1.165, 1.54) is 19.3 Å². The number of hydrogen-bond acceptors (Lipinski definition) is 4. The molecule has 4 heteroatoms. The Morgan fingerprint density at radius 3 is 1.91 bits per heavy atom. The Bertz CT molecular complexity index is 299. The molecule has 0 heterocycles. The SMILES string of the molecule is C=CCCCOC(=O)CCCCC(=O)OCCCCCCC. The van der Waals surface area contributed by atoms with Crippen molar-refractivity contribution in [1.82, 2.24) is 0 Å². The van der Waals surface area contributed by atoms with Gasteiger partial charge >= 0.3 is 11.9 Å². The molecule has 0 aliphatic carbocycles. The molecule has 0 aliphatic rings. The summed E-state index contributed by atoms with van der Waals surface area (Å²) >= 11 is 0. The maximum absolute atomic E-state index is 11.5. The molecule has 0 bridgehead atoms. The zero-order valence-corrected chi connectivity index (χ0v) is 14.1. The predicted molar refractivity (Wildman–Crippen MR) is 88.6 cm³/mol. The fraction of sp³-hybridized carbons (Fsp3) is 0.778. The number of carbonyl (C=O) groups excluding carboxylic acids is 2. The lowest BCUT2D eigenvalue weighted by Crippen LogP contribution is -2.08. The Kier molecular flexibility index (Phi) is 15.1. The van der Waals surface area contributed by atoms with E-state index in [0.29, 0.717) is 38.9 Å². The number of carbonyl (C=O) groups is 2. The van der Waals surface area contributed by atoms with E-state index in [1.807, 2.05) is 6.08 Å². The summed E-state index contributed by atoms with van der Waals surface area (Å²) in [5, 5.41) is 0. The highest BCUT2D eigenvalue weighted by Crippen LogP contribution is 2.06. The van der Waals surface area contributed by atoms with Crippen LogP contribution in [0.25, 0.3) is 0 Å². The van der Waals surface area contributed by atoms with Crippen LogP contribution >= 0.6 is 0 Å². The fourth-order valence-electron chi connectivity index (χ4n) is 1.99. The van der Waals surface area contributed by atoms with Crippen molar-refractivity contribution in [2.75, 3.05) is 13.2 Å². The van der Waals surface area contributed by atoms with Crippen LogP contribution in [0.3, 0.4) is 0 Å². The third-order valence-electron chi connectivity index (χ3n) is 3.34. The Hall–Kier alpha value is -1.32. The van der Waals surface area contributed by atoms with E-state index in [4.69, 9.17) is 9.47 Å². The van der Waals surface area contributed by atoms with Crippen LogP contribution < -0.4 is 0 Å². The maximum Gasteiger partial charge on any atom is 0.305 e. The predicted octanol–water partition coefficient (Wildman–Crippen LogP) is 4.57. The molecule has 0 saturated carbocycles. The van der Waals surface area contributed by atoms with Gasteiger partial charge in [0, 0.05) is 12.8 Å². The van der Waals surface area contributed by atoms with Gasteiger partial charge in [-0.3, -0.25) is 9.59 Å². The molecule has 0 aromatic carbocycles. The van der Waals surface area contributed by atoms with Crippen LogP contribution in [0.5, 0.6) is 0 Å². The summed E-state index contributed by atoms with van der Waals surface area (Å²) < 4.78 is 10.2. The van der Waals surface area contributed by atoms with Crippen LogP contribution in [0.2, 0.25) is 0 Å². The van der Waals surface area contributed by atoms with Crippen molar-refractivity contribution in [2.45, 2.75) is 77.6 Å². The van der Waals surface area contributed by atoms with Gasteiger partial charge in [0.2, 0.25) is 0 Å². The van der Waals surface area contributed by atoms with Gasteiger partial charge in [0.15, 0.2) is 0 Å². The molecule has 0 aliphatic heterocycles. The number of esters is 2. The lowest BCUT2D eigenvalue weighted by Gasteiger charge is -2.05. The normalized spacial score (nSPS) is 10.2. The molecule has 0 rings (SSSR count). The summed E-state index contributed by atoms with van der Waals surface area (Å²) in [4.78, 5) is 22.9. The van der Waals surface area contributed by atoms with Crippen molar-refractivity contribution in [2.24, 2.45) is 0 Å². The molecular formula is C18H32O4. The van der Waals surface area contributed by atoms with E-state index in [2.05, 4.69) is 13.5 Å². The van der Waals surface area contributed by atoms with Gasteiger partial charge in [0.05, 0.1) is 13.2 Å². The quantitative estimate of drug-likeness (QED) is 0.252. The van der Waals surface area contributed by atoms with Crippen LogP contribution in [0, 0.1) is 0 Å². The third-order valence-corrected chi connectivity index (χ3v) is 3.34. The molecule has 0 spiro atoms. The van der Waals surface area contributed by atoms with Gasteiger partial charge in [-0.15, -0.1) is 6.58 Å². The minimum absolute atomic E-state index is 0.158. The highest BCUT2D eigenvalue weighted by Gasteiger charge is 2.05. The maximum atomic E-state index is 11.5. The molecule has 0 saturated heterocycles. The second-order valence-corrected chi connectivity index (χ2v) is 5.49. The van der Waals surface area contributed by atoms with Gasteiger partial charge in [-0.05, 0) is 32.1 Å². The van der Waals surface area contributed by atoms with Crippen LogP contribution in [0.1, 0.15) is 77.6 Å². The van der Waals surface area contributed by atoms with Crippen molar-refractivity contribution in [3.8, 4) is 0 Å². The number of unbranched alkanes of at least 4 members (excludes halogenated alkanes) is 6. The lowest BCUT2D eigenvalue weighted by atomic mass is 10.2. The molecule has 0 fully saturated rings. The molecule has 0 N–H and O–H groups in total. The number of rotatable bonds is 15. The molecule has 22 heavy (non-hydrogen) atoms. The minimum Gasteiger partial charge on any atom is -0.466 e. The number of hydrogen-bond donors (Lipinski definition) is 0. The second kappa shape index (κ2) is 16.1. The van der Waals surface area contributed by atoms with Gasteiger partial charge in [0.25, 0.3) is 0 Å². The molecule has 0 radical (unpaired) electrons. The first-order chi connectivity index (χ1) is 10.7. The van der Waals surface area contributed by atoms with Gasteiger partial charge < -0.3 is 9.47 Å². The summed E-state index contributed by atoms with van der Waals surface area (Å²) in [7, 11) is 0. The van der Waals surface area contributed by atoms with Crippen molar-refractivity contribution < 1.29 is 19.1 Å². The Balaban J connectivity index is 3.33.